The lowest BCUT2D eigenvalue weighted by Crippen LogP contribution is -2.15. The highest BCUT2D eigenvalue weighted by atomic mass is 79.9. The van der Waals surface area contributed by atoms with E-state index in [0.717, 1.165) is 17.2 Å². The van der Waals surface area contributed by atoms with Crippen LogP contribution >= 0.6 is 15.9 Å². The van der Waals surface area contributed by atoms with E-state index in [-0.39, 0.29) is 4.47 Å². The summed E-state index contributed by atoms with van der Waals surface area (Å²) in [5.41, 5.74) is 8.30. The van der Waals surface area contributed by atoms with Gasteiger partial charge in [-0.2, -0.15) is 0 Å². The number of aromatic nitrogens is 1. The van der Waals surface area contributed by atoms with E-state index in [0.29, 0.717) is 5.56 Å². The minimum Gasteiger partial charge on any atom is -0.320 e. The van der Waals surface area contributed by atoms with E-state index < -0.39 is 17.7 Å². The quantitative estimate of drug-likeness (QED) is 0.862. The van der Waals surface area contributed by atoms with Crippen LogP contribution in [0.4, 0.5) is 8.78 Å². The number of halogens is 3. The molecule has 0 amide bonds. The average Bonchev–Trinajstić information content (AvgIpc) is 2.36. The number of hydrogen-bond acceptors (Lipinski definition) is 2. The second-order valence-corrected chi connectivity index (χ2v) is 4.77. The smallest absolute Gasteiger partial charge is 0.173 e. The molecular formula is C13H11BrF2N2. The van der Waals surface area contributed by atoms with Crippen molar-refractivity contribution in [1.29, 1.82) is 0 Å². The van der Waals surface area contributed by atoms with Gasteiger partial charge in [-0.05, 0) is 51.7 Å². The summed E-state index contributed by atoms with van der Waals surface area (Å²) < 4.78 is 26.6. The Kier molecular flexibility index (Phi) is 3.73. The molecule has 18 heavy (non-hydrogen) atoms. The summed E-state index contributed by atoms with van der Waals surface area (Å²) in [6.45, 7) is 1.89. The Hall–Kier alpha value is -1.33. The summed E-state index contributed by atoms with van der Waals surface area (Å²) in [6.07, 6.45) is 3.29. The van der Waals surface area contributed by atoms with E-state index in [1.807, 2.05) is 13.0 Å². The lowest BCUT2D eigenvalue weighted by molar-refractivity contribution is 0.501. The Bertz CT molecular complexity index is 587. The molecule has 1 heterocycles. The summed E-state index contributed by atoms with van der Waals surface area (Å²) in [5.74, 6) is -1.83. The van der Waals surface area contributed by atoms with Gasteiger partial charge in [-0.25, -0.2) is 8.78 Å². The van der Waals surface area contributed by atoms with Crippen LogP contribution in [0, 0.1) is 18.6 Å². The topological polar surface area (TPSA) is 38.9 Å². The summed E-state index contributed by atoms with van der Waals surface area (Å²) in [4.78, 5) is 4.00. The van der Waals surface area contributed by atoms with Gasteiger partial charge in [-0.3, -0.25) is 4.98 Å². The number of pyridine rings is 1. The monoisotopic (exact) mass is 312 g/mol. The van der Waals surface area contributed by atoms with Crippen LogP contribution in [0.15, 0.2) is 35.1 Å². The molecule has 2 nitrogen and oxygen atoms in total. The first kappa shape index (κ1) is 13.1. The van der Waals surface area contributed by atoms with Crippen molar-refractivity contribution >= 4 is 15.9 Å². The first-order valence-corrected chi connectivity index (χ1v) is 6.11. The van der Waals surface area contributed by atoms with Crippen molar-refractivity contribution in [2.75, 3.05) is 0 Å². The largest absolute Gasteiger partial charge is 0.320 e. The highest BCUT2D eigenvalue weighted by molar-refractivity contribution is 9.10. The van der Waals surface area contributed by atoms with Gasteiger partial charge in [0.25, 0.3) is 0 Å². The molecule has 94 valence electrons. The second kappa shape index (κ2) is 5.12. The van der Waals surface area contributed by atoms with Crippen molar-refractivity contribution in [3.8, 4) is 0 Å². The Balaban J connectivity index is 2.50. The van der Waals surface area contributed by atoms with Crippen molar-refractivity contribution in [3.05, 3.63) is 63.4 Å². The fourth-order valence-corrected chi connectivity index (χ4v) is 2.32. The zero-order chi connectivity index (χ0) is 13.3. The zero-order valence-corrected chi connectivity index (χ0v) is 11.2. The van der Waals surface area contributed by atoms with Gasteiger partial charge in [0.15, 0.2) is 11.6 Å². The highest BCUT2D eigenvalue weighted by Crippen LogP contribution is 2.30. The molecule has 1 atom stereocenters. The molecule has 2 aromatic rings. The fraction of sp³-hybridized carbons (Fsp3) is 0.154. The van der Waals surface area contributed by atoms with Gasteiger partial charge >= 0.3 is 0 Å². The number of nitrogens with zero attached hydrogens (tertiary/aromatic N) is 1. The Morgan fingerprint density at radius 1 is 1.22 bits per heavy atom. The van der Waals surface area contributed by atoms with E-state index in [1.165, 1.54) is 6.07 Å². The molecule has 0 aliphatic heterocycles. The molecule has 2 N–H and O–H groups in total. The predicted octanol–water partition coefficient (Wildman–Crippen LogP) is 3.48. The van der Waals surface area contributed by atoms with Crippen molar-refractivity contribution < 1.29 is 8.78 Å². The van der Waals surface area contributed by atoms with E-state index in [1.54, 1.807) is 12.4 Å². The maximum Gasteiger partial charge on any atom is 0.173 e. The molecule has 5 heteroatoms. The molecule has 0 aliphatic carbocycles. The normalized spacial score (nSPS) is 12.5. The Labute approximate surface area is 112 Å². The van der Waals surface area contributed by atoms with Gasteiger partial charge in [-0.1, -0.05) is 6.07 Å². The lowest BCUT2D eigenvalue weighted by Gasteiger charge is -2.16. The summed E-state index contributed by atoms with van der Waals surface area (Å²) in [5, 5.41) is 0. The predicted molar refractivity (Wildman–Crippen MR) is 69.1 cm³/mol. The van der Waals surface area contributed by atoms with Gasteiger partial charge < -0.3 is 5.73 Å². The van der Waals surface area contributed by atoms with Gasteiger partial charge in [0.2, 0.25) is 0 Å². The maximum absolute atomic E-state index is 13.5. The van der Waals surface area contributed by atoms with Crippen molar-refractivity contribution in [2.24, 2.45) is 5.73 Å². The zero-order valence-electron chi connectivity index (χ0n) is 9.62. The Morgan fingerprint density at radius 2 is 1.94 bits per heavy atom. The average molecular weight is 313 g/mol. The maximum atomic E-state index is 13.5. The van der Waals surface area contributed by atoms with Gasteiger partial charge in [0.1, 0.15) is 0 Å². The third-order valence-corrected chi connectivity index (χ3v) is 3.62. The fourth-order valence-electron chi connectivity index (χ4n) is 1.75. The number of benzene rings is 1. The highest BCUT2D eigenvalue weighted by Gasteiger charge is 2.18. The van der Waals surface area contributed by atoms with Crippen molar-refractivity contribution in [2.45, 2.75) is 13.0 Å². The van der Waals surface area contributed by atoms with Gasteiger partial charge in [0, 0.05) is 12.4 Å². The molecule has 0 spiro atoms. The van der Waals surface area contributed by atoms with E-state index in [4.69, 9.17) is 5.73 Å². The van der Waals surface area contributed by atoms with Crippen LogP contribution < -0.4 is 5.73 Å². The number of rotatable bonds is 2. The van der Waals surface area contributed by atoms with Crippen molar-refractivity contribution in [3.63, 3.8) is 0 Å². The van der Waals surface area contributed by atoms with E-state index in [9.17, 15) is 8.78 Å². The van der Waals surface area contributed by atoms with Crippen molar-refractivity contribution in [1.82, 2.24) is 4.98 Å². The lowest BCUT2D eigenvalue weighted by atomic mass is 9.97. The molecule has 0 radical (unpaired) electrons. The van der Waals surface area contributed by atoms with Crippen LogP contribution in [-0.4, -0.2) is 4.98 Å². The summed E-state index contributed by atoms with van der Waals surface area (Å²) in [6, 6.07) is 3.81. The van der Waals surface area contributed by atoms with Crippen LogP contribution in [0.5, 0.6) is 0 Å². The van der Waals surface area contributed by atoms with Crippen LogP contribution in [0.25, 0.3) is 0 Å². The standard InChI is InChI=1S/C13H11BrF2N2/c1-7-4-5-18-6-9(7)13(17)8-2-3-10(15)12(16)11(8)14/h2-6,13H,17H2,1H3. The molecule has 0 bridgehead atoms. The molecule has 0 saturated carbocycles. The minimum atomic E-state index is -0.926. The van der Waals surface area contributed by atoms with E-state index in [2.05, 4.69) is 20.9 Å². The summed E-state index contributed by atoms with van der Waals surface area (Å²) >= 11 is 3.04. The molecule has 1 unspecified atom stereocenters. The van der Waals surface area contributed by atoms with Crippen LogP contribution in [0.2, 0.25) is 0 Å². The summed E-state index contributed by atoms with van der Waals surface area (Å²) in [7, 11) is 0. The molecular weight excluding hydrogens is 302 g/mol. The molecule has 0 saturated heterocycles. The first-order valence-electron chi connectivity index (χ1n) is 5.32. The molecule has 1 aromatic carbocycles. The second-order valence-electron chi connectivity index (χ2n) is 3.97. The van der Waals surface area contributed by atoms with Crippen LogP contribution in [0.1, 0.15) is 22.7 Å². The van der Waals surface area contributed by atoms with Gasteiger partial charge in [0.05, 0.1) is 10.5 Å². The molecule has 1 aromatic heterocycles. The number of hydrogen-bond donors (Lipinski definition) is 1. The van der Waals surface area contributed by atoms with Gasteiger partial charge in [-0.15, -0.1) is 0 Å². The van der Waals surface area contributed by atoms with E-state index >= 15 is 0 Å². The molecule has 0 aliphatic rings. The van der Waals surface area contributed by atoms with Crippen LogP contribution in [-0.2, 0) is 0 Å². The first-order chi connectivity index (χ1) is 8.52. The SMILES string of the molecule is Cc1ccncc1C(N)c1ccc(F)c(F)c1Br. The molecule has 2 rings (SSSR count). The van der Waals surface area contributed by atoms with Crippen LogP contribution in [0.3, 0.4) is 0 Å². The number of aryl methyl sites for hydroxylation is 1. The third-order valence-electron chi connectivity index (χ3n) is 2.81. The minimum absolute atomic E-state index is 0.0539. The number of nitrogens with two attached hydrogens (primary N) is 1. The molecule has 0 fully saturated rings. The Morgan fingerprint density at radius 3 is 2.61 bits per heavy atom. The third kappa shape index (κ3) is 2.28.